The van der Waals surface area contributed by atoms with E-state index >= 15 is 0 Å². The van der Waals surface area contributed by atoms with Crippen molar-refractivity contribution in [3.05, 3.63) is 29.3 Å². The third kappa shape index (κ3) is 3.37. The minimum Gasteiger partial charge on any atom is -0.409 e. The third-order valence-electron chi connectivity index (χ3n) is 3.34. The summed E-state index contributed by atoms with van der Waals surface area (Å²) in [4.78, 5) is 0.0152. The normalized spacial score (nSPS) is 17.1. The minimum absolute atomic E-state index is 0.0152. The van der Waals surface area contributed by atoms with E-state index in [0.717, 1.165) is 30.7 Å². The number of benzene rings is 1. The van der Waals surface area contributed by atoms with Crippen LogP contribution >= 0.6 is 11.8 Å². The van der Waals surface area contributed by atoms with Crippen LogP contribution in [0.1, 0.15) is 31.2 Å². The molecule has 0 spiro atoms. The van der Waals surface area contributed by atoms with Crippen LogP contribution in [0.2, 0.25) is 0 Å². The summed E-state index contributed by atoms with van der Waals surface area (Å²) in [6.45, 7) is 0. The Bertz CT molecular complexity index is 465. The van der Waals surface area contributed by atoms with Crippen LogP contribution in [0.3, 0.4) is 0 Å². The van der Waals surface area contributed by atoms with Gasteiger partial charge in [0.25, 0.3) is 0 Å². The fourth-order valence-electron chi connectivity index (χ4n) is 2.28. The molecule has 0 saturated heterocycles. The van der Waals surface area contributed by atoms with Crippen LogP contribution in [-0.4, -0.2) is 16.8 Å². The van der Waals surface area contributed by atoms with Crippen molar-refractivity contribution in [1.82, 2.24) is 0 Å². The van der Waals surface area contributed by atoms with E-state index in [0.29, 0.717) is 5.92 Å². The Labute approximate surface area is 114 Å². The molecule has 0 bridgehead atoms. The molecule has 3 nitrogen and oxygen atoms in total. The Morgan fingerprint density at radius 3 is 2.42 bits per heavy atom. The molecule has 1 fully saturated rings. The maximum atomic E-state index is 13.8. The van der Waals surface area contributed by atoms with Gasteiger partial charge in [0.2, 0.25) is 0 Å². The summed E-state index contributed by atoms with van der Waals surface area (Å²) in [7, 11) is 0. The summed E-state index contributed by atoms with van der Waals surface area (Å²) in [5, 5.41) is 11.2. The topological polar surface area (TPSA) is 58.6 Å². The second-order valence-corrected chi connectivity index (χ2v) is 5.75. The fourth-order valence-corrected chi connectivity index (χ4v) is 3.41. The Morgan fingerprint density at radius 2 is 1.89 bits per heavy atom. The van der Waals surface area contributed by atoms with Crippen LogP contribution < -0.4 is 5.73 Å². The van der Waals surface area contributed by atoms with E-state index in [1.54, 1.807) is 0 Å². The van der Waals surface area contributed by atoms with Crippen LogP contribution in [0.5, 0.6) is 0 Å². The monoisotopic (exact) mass is 286 g/mol. The molecule has 1 saturated carbocycles. The van der Waals surface area contributed by atoms with Gasteiger partial charge in [-0.05, 0) is 30.9 Å². The first-order valence-electron chi connectivity index (χ1n) is 6.21. The first kappa shape index (κ1) is 14.1. The number of oxime groups is 1. The maximum absolute atomic E-state index is 13.8. The average Bonchev–Trinajstić information content (AvgIpc) is 2.89. The molecule has 0 heterocycles. The summed E-state index contributed by atoms with van der Waals surface area (Å²) in [5.41, 5.74) is 5.36. The molecule has 2 rings (SSSR count). The number of amidine groups is 1. The van der Waals surface area contributed by atoms with Gasteiger partial charge in [0.15, 0.2) is 5.84 Å². The molecule has 1 aromatic carbocycles. The molecule has 0 amide bonds. The lowest BCUT2D eigenvalue weighted by Gasteiger charge is -2.10. The van der Waals surface area contributed by atoms with Crippen LogP contribution in [0.25, 0.3) is 0 Å². The van der Waals surface area contributed by atoms with Crippen molar-refractivity contribution in [3.8, 4) is 0 Å². The molecule has 1 aliphatic rings. The van der Waals surface area contributed by atoms with Gasteiger partial charge in [0.05, 0.1) is 4.90 Å². The highest BCUT2D eigenvalue weighted by atomic mass is 32.2. The zero-order chi connectivity index (χ0) is 13.8. The largest absolute Gasteiger partial charge is 0.409 e. The number of rotatable bonds is 4. The highest BCUT2D eigenvalue weighted by Gasteiger charge is 2.18. The average molecular weight is 286 g/mol. The summed E-state index contributed by atoms with van der Waals surface area (Å²) in [6, 6.07) is 2.18. The molecule has 3 N–H and O–H groups in total. The molecule has 19 heavy (non-hydrogen) atoms. The van der Waals surface area contributed by atoms with Crippen molar-refractivity contribution < 1.29 is 14.0 Å². The molecule has 1 aliphatic carbocycles. The molecule has 6 heteroatoms. The van der Waals surface area contributed by atoms with Crippen LogP contribution in [0, 0.1) is 17.6 Å². The van der Waals surface area contributed by atoms with E-state index in [4.69, 9.17) is 10.9 Å². The lowest BCUT2D eigenvalue weighted by molar-refractivity contribution is 0.318. The van der Waals surface area contributed by atoms with Gasteiger partial charge in [-0.1, -0.05) is 18.0 Å². The Kier molecular flexibility index (Phi) is 4.63. The van der Waals surface area contributed by atoms with E-state index in [2.05, 4.69) is 5.16 Å². The van der Waals surface area contributed by atoms with Crippen molar-refractivity contribution >= 4 is 17.6 Å². The van der Waals surface area contributed by atoms with Gasteiger partial charge < -0.3 is 10.9 Å². The van der Waals surface area contributed by atoms with E-state index in [1.165, 1.54) is 24.6 Å². The highest BCUT2D eigenvalue weighted by Crippen LogP contribution is 2.33. The lowest BCUT2D eigenvalue weighted by Crippen LogP contribution is -2.14. The van der Waals surface area contributed by atoms with Crippen LogP contribution in [0.15, 0.2) is 22.2 Å². The predicted molar refractivity (Wildman–Crippen MR) is 71.6 cm³/mol. The van der Waals surface area contributed by atoms with Gasteiger partial charge in [-0.2, -0.15) is 0 Å². The molecule has 0 unspecified atom stereocenters. The molecule has 1 aromatic rings. The number of thioether (sulfide) groups is 1. The smallest absolute Gasteiger partial charge is 0.170 e. The quantitative estimate of drug-likeness (QED) is 0.293. The minimum atomic E-state index is -0.662. The summed E-state index contributed by atoms with van der Waals surface area (Å²) in [5.74, 6) is -0.344. The van der Waals surface area contributed by atoms with E-state index in [1.807, 2.05) is 0 Å². The molecular weight excluding hydrogens is 270 g/mol. The number of hydrogen-bond acceptors (Lipinski definition) is 3. The number of nitrogens with two attached hydrogens (primary N) is 1. The Morgan fingerprint density at radius 1 is 1.32 bits per heavy atom. The zero-order valence-corrected chi connectivity index (χ0v) is 11.2. The highest BCUT2D eigenvalue weighted by molar-refractivity contribution is 7.99. The van der Waals surface area contributed by atoms with E-state index < -0.39 is 11.6 Å². The lowest BCUT2D eigenvalue weighted by atomic mass is 10.1. The summed E-state index contributed by atoms with van der Waals surface area (Å²) < 4.78 is 27.7. The fraction of sp³-hybridized carbons (Fsp3) is 0.462. The van der Waals surface area contributed by atoms with Crippen molar-refractivity contribution in [3.63, 3.8) is 0 Å². The predicted octanol–water partition coefficient (Wildman–Crippen LogP) is 3.34. The van der Waals surface area contributed by atoms with Crippen LogP contribution in [-0.2, 0) is 0 Å². The summed E-state index contributed by atoms with van der Waals surface area (Å²) >= 11 is 1.21. The second kappa shape index (κ2) is 6.23. The second-order valence-electron chi connectivity index (χ2n) is 4.72. The Balaban J connectivity index is 2.12. The van der Waals surface area contributed by atoms with Gasteiger partial charge in [-0.3, -0.25) is 0 Å². The number of hydrogen-bond donors (Lipinski definition) is 2. The van der Waals surface area contributed by atoms with Gasteiger partial charge in [0.1, 0.15) is 11.6 Å². The zero-order valence-electron chi connectivity index (χ0n) is 10.4. The standard InChI is InChI=1S/C13H16F2N2OS/c14-10-5-9(13(16)17-18)6-11(15)12(10)19-7-8-3-1-2-4-8/h5-6,8,18H,1-4,7H2,(H2,16,17). The molecular formula is C13H16F2N2OS. The summed E-state index contributed by atoms with van der Waals surface area (Å²) in [6.07, 6.45) is 4.69. The van der Waals surface area contributed by atoms with Crippen LogP contribution in [0.4, 0.5) is 8.78 Å². The number of halogens is 2. The molecule has 0 aromatic heterocycles. The molecule has 104 valence electrons. The first-order chi connectivity index (χ1) is 9.11. The molecule has 0 radical (unpaired) electrons. The SMILES string of the molecule is N/C(=N/O)c1cc(F)c(SCC2CCCC2)c(F)c1. The number of nitrogens with zero attached hydrogens (tertiary/aromatic N) is 1. The van der Waals surface area contributed by atoms with Gasteiger partial charge in [-0.15, -0.1) is 11.8 Å². The van der Waals surface area contributed by atoms with Gasteiger partial charge in [-0.25, -0.2) is 8.78 Å². The molecule has 0 atom stereocenters. The third-order valence-corrected chi connectivity index (χ3v) is 4.66. The van der Waals surface area contributed by atoms with Gasteiger partial charge >= 0.3 is 0 Å². The van der Waals surface area contributed by atoms with E-state index in [9.17, 15) is 8.78 Å². The van der Waals surface area contributed by atoms with E-state index in [-0.39, 0.29) is 16.3 Å². The first-order valence-corrected chi connectivity index (χ1v) is 7.20. The van der Waals surface area contributed by atoms with Crippen molar-refractivity contribution in [1.29, 1.82) is 0 Å². The Hall–Kier alpha value is -1.30. The molecule has 0 aliphatic heterocycles. The van der Waals surface area contributed by atoms with Crippen molar-refractivity contribution in [2.24, 2.45) is 16.8 Å². The maximum Gasteiger partial charge on any atom is 0.170 e. The van der Waals surface area contributed by atoms with Gasteiger partial charge in [0, 0.05) is 11.3 Å². The van der Waals surface area contributed by atoms with Crippen molar-refractivity contribution in [2.75, 3.05) is 5.75 Å². The van der Waals surface area contributed by atoms with Crippen molar-refractivity contribution in [2.45, 2.75) is 30.6 Å².